The summed E-state index contributed by atoms with van der Waals surface area (Å²) in [6, 6.07) is 10.5. The lowest BCUT2D eigenvalue weighted by Gasteiger charge is -2.21. The first-order valence-corrected chi connectivity index (χ1v) is 7.75. The van der Waals surface area contributed by atoms with Crippen molar-refractivity contribution in [3.63, 3.8) is 0 Å². The van der Waals surface area contributed by atoms with Crippen LogP contribution in [-0.4, -0.2) is 16.7 Å². The first kappa shape index (κ1) is 13.2. The van der Waals surface area contributed by atoms with Crippen molar-refractivity contribution < 1.29 is 0 Å². The van der Waals surface area contributed by atoms with E-state index in [0.29, 0.717) is 0 Å². The van der Waals surface area contributed by atoms with E-state index >= 15 is 0 Å². The van der Waals surface area contributed by atoms with Crippen LogP contribution >= 0.6 is 0 Å². The van der Waals surface area contributed by atoms with Gasteiger partial charge in [-0.25, -0.2) is 0 Å². The second-order valence-electron chi connectivity index (χ2n) is 5.77. The lowest BCUT2D eigenvalue weighted by atomic mass is 9.87. The third-order valence-corrected chi connectivity index (χ3v) is 4.28. The van der Waals surface area contributed by atoms with E-state index in [9.17, 15) is 0 Å². The van der Waals surface area contributed by atoms with E-state index in [1.807, 2.05) is 6.07 Å². The fourth-order valence-electron chi connectivity index (χ4n) is 3.11. The summed E-state index contributed by atoms with van der Waals surface area (Å²) in [5.41, 5.74) is 3.46. The molecule has 0 unspecified atom stereocenters. The number of nitrogens with zero attached hydrogens (tertiary/aromatic N) is 1. The van der Waals surface area contributed by atoms with Crippen LogP contribution in [0.1, 0.15) is 38.5 Å². The van der Waals surface area contributed by atoms with Gasteiger partial charge in [-0.3, -0.25) is 5.10 Å². The van der Waals surface area contributed by atoms with Crippen LogP contribution in [0.2, 0.25) is 0 Å². The van der Waals surface area contributed by atoms with E-state index in [1.165, 1.54) is 49.8 Å². The summed E-state index contributed by atoms with van der Waals surface area (Å²) >= 11 is 0. The molecule has 0 spiro atoms. The summed E-state index contributed by atoms with van der Waals surface area (Å²) < 4.78 is 0. The molecule has 3 heteroatoms. The topological polar surface area (TPSA) is 40.7 Å². The molecule has 1 aromatic carbocycles. The van der Waals surface area contributed by atoms with Gasteiger partial charge in [0.05, 0.1) is 5.69 Å². The maximum Gasteiger partial charge on any atom is 0.0650 e. The normalized spacial score (nSPS) is 16.2. The highest BCUT2D eigenvalue weighted by Crippen LogP contribution is 2.26. The van der Waals surface area contributed by atoms with Crippen LogP contribution < -0.4 is 5.32 Å². The maximum absolute atomic E-state index is 4.01. The third kappa shape index (κ3) is 3.41. The first-order valence-electron chi connectivity index (χ1n) is 7.75. The molecule has 1 aromatic heterocycles. The van der Waals surface area contributed by atoms with Gasteiger partial charge in [-0.1, -0.05) is 44.2 Å². The average Bonchev–Trinajstić information content (AvgIpc) is 3.03. The molecule has 1 aliphatic carbocycles. The van der Waals surface area contributed by atoms with E-state index in [1.54, 1.807) is 6.20 Å². The van der Waals surface area contributed by atoms with Crippen LogP contribution in [0.15, 0.2) is 36.5 Å². The molecule has 2 N–H and O–H groups in total. The summed E-state index contributed by atoms with van der Waals surface area (Å²) in [7, 11) is 0. The van der Waals surface area contributed by atoms with Crippen molar-refractivity contribution in [2.45, 2.75) is 38.5 Å². The number of nitrogens with one attached hydrogen (secondary N) is 2. The zero-order chi connectivity index (χ0) is 13.6. The minimum absolute atomic E-state index is 0.937. The zero-order valence-corrected chi connectivity index (χ0v) is 11.9. The summed E-state index contributed by atoms with van der Waals surface area (Å²) in [5, 5.41) is 10.6. The van der Waals surface area contributed by atoms with Crippen LogP contribution in [0.4, 0.5) is 5.69 Å². The fourth-order valence-corrected chi connectivity index (χ4v) is 3.11. The monoisotopic (exact) mass is 269 g/mol. The highest BCUT2D eigenvalue weighted by atomic mass is 15.1. The van der Waals surface area contributed by atoms with Gasteiger partial charge in [-0.15, -0.1) is 0 Å². The van der Waals surface area contributed by atoms with Gasteiger partial charge in [-0.2, -0.15) is 5.10 Å². The van der Waals surface area contributed by atoms with Gasteiger partial charge in [0.25, 0.3) is 0 Å². The highest BCUT2D eigenvalue weighted by Gasteiger charge is 2.12. The van der Waals surface area contributed by atoms with Gasteiger partial charge in [0.2, 0.25) is 0 Å². The van der Waals surface area contributed by atoms with Crippen molar-refractivity contribution in [2.24, 2.45) is 5.92 Å². The third-order valence-electron chi connectivity index (χ3n) is 4.28. The van der Waals surface area contributed by atoms with E-state index in [0.717, 1.165) is 18.2 Å². The minimum Gasteiger partial charge on any atom is -0.385 e. The number of rotatable bonds is 5. The number of benzene rings is 1. The van der Waals surface area contributed by atoms with E-state index in [4.69, 9.17) is 0 Å². The van der Waals surface area contributed by atoms with Crippen LogP contribution in [0.25, 0.3) is 11.3 Å². The second kappa shape index (κ2) is 6.60. The number of hydrogen-bond donors (Lipinski definition) is 2. The van der Waals surface area contributed by atoms with Gasteiger partial charge >= 0.3 is 0 Å². The van der Waals surface area contributed by atoms with Crippen LogP contribution in [-0.2, 0) is 0 Å². The SMILES string of the molecule is c1cc(NCCC2CCCCC2)cc(-c2ccn[nH]2)c1. The predicted octanol–water partition coefficient (Wildman–Crippen LogP) is 4.46. The molecule has 106 valence electrons. The second-order valence-corrected chi connectivity index (χ2v) is 5.77. The molecular weight excluding hydrogens is 246 g/mol. The summed E-state index contributed by atoms with van der Waals surface area (Å²) in [6.07, 6.45) is 10.2. The highest BCUT2D eigenvalue weighted by molar-refractivity contribution is 5.64. The number of H-pyrrole nitrogens is 1. The molecule has 1 heterocycles. The van der Waals surface area contributed by atoms with E-state index < -0.39 is 0 Å². The van der Waals surface area contributed by atoms with Crippen LogP contribution in [0, 0.1) is 5.92 Å². The Bertz CT molecular complexity index is 513. The van der Waals surface area contributed by atoms with Gasteiger partial charge in [0.15, 0.2) is 0 Å². The molecule has 0 saturated heterocycles. The molecule has 1 saturated carbocycles. The molecule has 0 radical (unpaired) electrons. The molecule has 0 atom stereocenters. The van der Waals surface area contributed by atoms with Crippen molar-refractivity contribution in [1.82, 2.24) is 10.2 Å². The number of aromatic amines is 1. The van der Waals surface area contributed by atoms with Crippen molar-refractivity contribution in [3.05, 3.63) is 36.5 Å². The fraction of sp³-hybridized carbons (Fsp3) is 0.471. The number of hydrogen-bond acceptors (Lipinski definition) is 2. The Kier molecular flexibility index (Phi) is 4.36. The van der Waals surface area contributed by atoms with Crippen molar-refractivity contribution >= 4 is 5.69 Å². The Hall–Kier alpha value is -1.77. The molecule has 20 heavy (non-hydrogen) atoms. The maximum atomic E-state index is 4.01. The molecule has 3 nitrogen and oxygen atoms in total. The largest absolute Gasteiger partial charge is 0.385 e. The molecular formula is C17H23N3. The Labute approximate surface area is 120 Å². The van der Waals surface area contributed by atoms with Crippen LogP contribution in [0.5, 0.6) is 0 Å². The minimum atomic E-state index is 0.937. The Morgan fingerprint density at radius 2 is 2.05 bits per heavy atom. The molecule has 1 aliphatic rings. The Balaban J connectivity index is 1.53. The first-order chi connectivity index (χ1) is 9.92. The van der Waals surface area contributed by atoms with E-state index in [2.05, 4.69) is 39.8 Å². The zero-order valence-electron chi connectivity index (χ0n) is 11.9. The lowest BCUT2D eigenvalue weighted by Crippen LogP contribution is -2.12. The average molecular weight is 269 g/mol. The molecule has 0 bridgehead atoms. The molecule has 0 aliphatic heterocycles. The van der Waals surface area contributed by atoms with Gasteiger partial charge in [0.1, 0.15) is 0 Å². The van der Waals surface area contributed by atoms with Gasteiger partial charge in [0, 0.05) is 24.0 Å². The number of anilines is 1. The molecule has 0 amide bonds. The lowest BCUT2D eigenvalue weighted by molar-refractivity contribution is 0.345. The number of aromatic nitrogens is 2. The van der Waals surface area contributed by atoms with Gasteiger partial charge in [-0.05, 0) is 30.5 Å². The predicted molar refractivity (Wildman–Crippen MR) is 83.7 cm³/mol. The molecule has 2 aromatic rings. The summed E-state index contributed by atoms with van der Waals surface area (Å²) in [6.45, 7) is 1.08. The molecule has 3 rings (SSSR count). The quantitative estimate of drug-likeness (QED) is 0.841. The van der Waals surface area contributed by atoms with Crippen molar-refractivity contribution in [1.29, 1.82) is 0 Å². The van der Waals surface area contributed by atoms with Crippen molar-refractivity contribution in [2.75, 3.05) is 11.9 Å². The summed E-state index contributed by atoms with van der Waals surface area (Å²) in [5.74, 6) is 0.937. The van der Waals surface area contributed by atoms with Crippen LogP contribution in [0.3, 0.4) is 0 Å². The molecule has 1 fully saturated rings. The smallest absolute Gasteiger partial charge is 0.0650 e. The Morgan fingerprint density at radius 3 is 2.85 bits per heavy atom. The van der Waals surface area contributed by atoms with Gasteiger partial charge < -0.3 is 5.32 Å². The summed E-state index contributed by atoms with van der Waals surface area (Å²) in [4.78, 5) is 0. The standard InChI is InChI=1S/C17H23N3/c1-2-5-14(6-3-1)9-11-18-16-8-4-7-15(13-16)17-10-12-19-20-17/h4,7-8,10,12-14,18H,1-3,5-6,9,11H2,(H,19,20). The Morgan fingerprint density at radius 1 is 1.15 bits per heavy atom. The van der Waals surface area contributed by atoms with E-state index in [-0.39, 0.29) is 0 Å². The van der Waals surface area contributed by atoms with Crippen molar-refractivity contribution in [3.8, 4) is 11.3 Å².